The van der Waals surface area contributed by atoms with Crippen LogP contribution in [0, 0.1) is 0 Å². The molecule has 0 aromatic heterocycles. The number of fused-ring (bicyclic) bond motifs is 1. The largest absolute Gasteiger partial charge is 0.482 e. The summed E-state index contributed by atoms with van der Waals surface area (Å²) >= 11 is 0. The molecule has 2 atom stereocenters. The number of hydrogen-bond donors (Lipinski definition) is 2. The molecule has 0 spiro atoms. The van der Waals surface area contributed by atoms with E-state index in [1.165, 1.54) is 0 Å². The van der Waals surface area contributed by atoms with E-state index in [2.05, 4.69) is 5.32 Å². The Kier molecular flexibility index (Phi) is 3.31. The van der Waals surface area contributed by atoms with E-state index in [9.17, 15) is 9.59 Å². The second-order valence-corrected chi connectivity index (χ2v) is 4.80. The van der Waals surface area contributed by atoms with E-state index in [-0.39, 0.29) is 5.78 Å². The molecular formula is C16H14N2O3. The summed E-state index contributed by atoms with van der Waals surface area (Å²) in [7, 11) is 0. The maximum absolute atomic E-state index is 12.6. The van der Waals surface area contributed by atoms with E-state index in [1.807, 2.05) is 30.3 Å². The van der Waals surface area contributed by atoms with Crippen LogP contribution < -0.4 is 15.8 Å². The zero-order valence-corrected chi connectivity index (χ0v) is 11.2. The summed E-state index contributed by atoms with van der Waals surface area (Å²) in [5, 5.41) is 2.49. The van der Waals surface area contributed by atoms with Crippen LogP contribution in [-0.4, -0.2) is 17.9 Å². The van der Waals surface area contributed by atoms with Gasteiger partial charge < -0.3 is 15.8 Å². The SMILES string of the molecule is NC(=O)N[C@@H]1C(=O)c2ccccc2O[C@@H]1c1ccccc1. The third-order valence-electron chi connectivity index (χ3n) is 3.42. The lowest BCUT2D eigenvalue weighted by Gasteiger charge is -2.32. The summed E-state index contributed by atoms with van der Waals surface area (Å²) in [5.74, 6) is 0.309. The molecule has 0 fully saturated rings. The van der Waals surface area contributed by atoms with E-state index in [0.29, 0.717) is 11.3 Å². The first-order chi connectivity index (χ1) is 10.2. The van der Waals surface area contributed by atoms with Gasteiger partial charge in [0.2, 0.25) is 0 Å². The van der Waals surface area contributed by atoms with Crippen molar-refractivity contribution in [2.24, 2.45) is 5.73 Å². The highest BCUT2D eigenvalue weighted by atomic mass is 16.5. The van der Waals surface area contributed by atoms with Gasteiger partial charge in [-0.25, -0.2) is 4.79 Å². The van der Waals surface area contributed by atoms with E-state index < -0.39 is 18.2 Å². The van der Waals surface area contributed by atoms with Gasteiger partial charge in [-0.05, 0) is 17.7 Å². The van der Waals surface area contributed by atoms with Gasteiger partial charge in [-0.3, -0.25) is 4.79 Å². The van der Waals surface area contributed by atoms with Crippen molar-refractivity contribution in [3.05, 3.63) is 65.7 Å². The molecule has 0 bridgehead atoms. The standard InChI is InChI=1S/C16H14N2O3/c17-16(20)18-13-14(19)11-8-4-5-9-12(11)21-15(13)10-6-2-1-3-7-10/h1-9,13,15H,(H3,17,18,20)/t13-,15-/m1/s1. The molecule has 1 aliphatic rings. The lowest BCUT2D eigenvalue weighted by Crippen LogP contribution is -2.50. The monoisotopic (exact) mass is 282 g/mol. The molecule has 1 heterocycles. The number of nitrogens with one attached hydrogen (secondary N) is 1. The van der Waals surface area contributed by atoms with Crippen LogP contribution in [0.15, 0.2) is 54.6 Å². The quantitative estimate of drug-likeness (QED) is 0.884. The van der Waals surface area contributed by atoms with E-state index in [0.717, 1.165) is 5.56 Å². The van der Waals surface area contributed by atoms with Gasteiger partial charge in [0, 0.05) is 0 Å². The average Bonchev–Trinajstić information content (AvgIpc) is 2.50. The molecule has 0 saturated heterocycles. The van der Waals surface area contributed by atoms with Gasteiger partial charge in [-0.1, -0.05) is 42.5 Å². The normalized spacial score (nSPS) is 20.3. The fourth-order valence-electron chi connectivity index (χ4n) is 2.48. The number of rotatable bonds is 2. The van der Waals surface area contributed by atoms with Crippen LogP contribution in [0.25, 0.3) is 0 Å². The van der Waals surface area contributed by atoms with Crippen LogP contribution in [-0.2, 0) is 0 Å². The third-order valence-corrected chi connectivity index (χ3v) is 3.42. The number of urea groups is 1. The maximum atomic E-state index is 12.6. The number of primary amides is 1. The average molecular weight is 282 g/mol. The molecule has 0 radical (unpaired) electrons. The van der Waals surface area contributed by atoms with Crippen LogP contribution in [0.4, 0.5) is 4.79 Å². The van der Waals surface area contributed by atoms with Crippen LogP contribution in [0.1, 0.15) is 22.0 Å². The van der Waals surface area contributed by atoms with Crippen molar-refractivity contribution >= 4 is 11.8 Å². The van der Waals surface area contributed by atoms with Crippen molar-refractivity contribution in [2.75, 3.05) is 0 Å². The fourth-order valence-corrected chi connectivity index (χ4v) is 2.48. The molecule has 1 aliphatic heterocycles. The number of nitrogens with two attached hydrogens (primary N) is 1. The van der Waals surface area contributed by atoms with Gasteiger partial charge in [0.1, 0.15) is 11.8 Å². The summed E-state index contributed by atoms with van der Waals surface area (Å²) in [6, 6.07) is 14.7. The van der Waals surface area contributed by atoms with Gasteiger partial charge in [0.15, 0.2) is 11.9 Å². The number of ketones is 1. The minimum atomic E-state index is -0.834. The Hall–Kier alpha value is -2.82. The summed E-state index contributed by atoms with van der Waals surface area (Å²) in [6.07, 6.45) is -0.596. The highest BCUT2D eigenvalue weighted by molar-refractivity contribution is 6.05. The minimum absolute atomic E-state index is 0.204. The van der Waals surface area contributed by atoms with Crippen molar-refractivity contribution < 1.29 is 14.3 Å². The molecule has 2 amide bonds. The molecule has 2 aromatic rings. The van der Waals surface area contributed by atoms with Crippen molar-refractivity contribution in [3.63, 3.8) is 0 Å². The van der Waals surface area contributed by atoms with Crippen LogP contribution in [0.3, 0.4) is 0 Å². The second-order valence-electron chi connectivity index (χ2n) is 4.80. The van der Waals surface area contributed by atoms with Crippen LogP contribution in [0.5, 0.6) is 5.75 Å². The molecule has 5 nitrogen and oxygen atoms in total. The van der Waals surface area contributed by atoms with Crippen molar-refractivity contribution in [1.29, 1.82) is 0 Å². The lowest BCUT2D eigenvalue weighted by atomic mass is 9.91. The Labute approximate surface area is 121 Å². The summed E-state index contributed by atoms with van der Waals surface area (Å²) in [6.45, 7) is 0. The van der Waals surface area contributed by atoms with E-state index >= 15 is 0 Å². The van der Waals surface area contributed by atoms with Gasteiger partial charge in [-0.2, -0.15) is 0 Å². The maximum Gasteiger partial charge on any atom is 0.312 e. The van der Waals surface area contributed by atoms with Gasteiger partial charge >= 0.3 is 6.03 Å². The Morgan fingerprint density at radius 1 is 1.05 bits per heavy atom. The second kappa shape index (κ2) is 5.28. The van der Waals surface area contributed by atoms with Crippen LogP contribution >= 0.6 is 0 Å². The first kappa shape index (κ1) is 13.2. The fraction of sp³-hybridized carbons (Fsp3) is 0.125. The number of carbonyl (C=O) groups excluding carboxylic acids is 2. The van der Waals surface area contributed by atoms with E-state index in [1.54, 1.807) is 24.3 Å². The van der Waals surface area contributed by atoms with Crippen molar-refractivity contribution in [2.45, 2.75) is 12.1 Å². The molecule has 21 heavy (non-hydrogen) atoms. The summed E-state index contributed by atoms with van der Waals surface area (Å²) in [5.41, 5.74) is 6.44. The Morgan fingerprint density at radius 3 is 2.43 bits per heavy atom. The molecule has 0 saturated carbocycles. The summed E-state index contributed by atoms with van der Waals surface area (Å²) < 4.78 is 5.91. The Bertz CT molecular complexity index is 685. The highest BCUT2D eigenvalue weighted by Gasteiger charge is 2.38. The molecule has 3 N–H and O–H groups in total. The number of amides is 2. The molecule has 106 valence electrons. The number of Topliss-reactive ketones (excluding diaryl/α,β-unsaturated/α-hetero) is 1. The molecular weight excluding hydrogens is 268 g/mol. The zero-order valence-electron chi connectivity index (χ0n) is 11.2. The zero-order chi connectivity index (χ0) is 14.8. The van der Waals surface area contributed by atoms with Gasteiger partial charge in [0.25, 0.3) is 0 Å². The van der Waals surface area contributed by atoms with E-state index in [4.69, 9.17) is 10.5 Å². The Balaban J connectivity index is 2.05. The minimum Gasteiger partial charge on any atom is -0.482 e. The first-order valence-corrected chi connectivity index (χ1v) is 6.57. The third kappa shape index (κ3) is 2.45. The number of carbonyl (C=O) groups is 2. The number of hydrogen-bond acceptors (Lipinski definition) is 3. The molecule has 0 aliphatic carbocycles. The van der Waals surface area contributed by atoms with Gasteiger partial charge in [-0.15, -0.1) is 0 Å². The summed E-state index contributed by atoms with van der Waals surface area (Å²) in [4.78, 5) is 23.8. The Morgan fingerprint density at radius 2 is 1.71 bits per heavy atom. The van der Waals surface area contributed by atoms with Crippen LogP contribution in [0.2, 0.25) is 0 Å². The first-order valence-electron chi connectivity index (χ1n) is 6.57. The lowest BCUT2D eigenvalue weighted by molar-refractivity contribution is 0.0748. The number of benzene rings is 2. The predicted molar refractivity (Wildman–Crippen MR) is 77.1 cm³/mol. The topological polar surface area (TPSA) is 81.4 Å². The van der Waals surface area contributed by atoms with Gasteiger partial charge in [0.05, 0.1) is 5.56 Å². The predicted octanol–water partition coefficient (Wildman–Crippen LogP) is 2.04. The number of para-hydroxylation sites is 1. The molecule has 2 aromatic carbocycles. The molecule has 5 heteroatoms. The molecule has 3 rings (SSSR count). The van der Waals surface area contributed by atoms with Crippen molar-refractivity contribution in [3.8, 4) is 5.75 Å². The number of ether oxygens (including phenoxy) is 1. The highest BCUT2D eigenvalue weighted by Crippen LogP contribution is 2.34. The molecule has 0 unspecified atom stereocenters. The smallest absolute Gasteiger partial charge is 0.312 e. The van der Waals surface area contributed by atoms with Crippen molar-refractivity contribution in [1.82, 2.24) is 5.32 Å².